The molecule has 2 aromatic carbocycles. The van der Waals surface area contributed by atoms with Crippen LogP contribution >= 0.6 is 0 Å². The second-order valence-corrected chi connectivity index (χ2v) is 9.69. The molecule has 3 aromatic rings. The molecule has 0 bridgehead atoms. The Hall–Kier alpha value is -3.36. The fraction of sp³-hybridized carbons (Fsp3) is 0.379. The number of amides is 1. The minimum absolute atomic E-state index is 0.0121. The maximum atomic E-state index is 13.5. The predicted octanol–water partition coefficient (Wildman–Crippen LogP) is 5.70. The van der Waals surface area contributed by atoms with E-state index in [1.165, 1.54) is 17.5 Å². The Morgan fingerprint density at radius 2 is 1.91 bits per heavy atom. The van der Waals surface area contributed by atoms with E-state index in [9.17, 15) is 10.1 Å². The number of carbonyl (C=O) groups excluding carboxylic acids is 1. The zero-order chi connectivity index (χ0) is 23.4. The van der Waals surface area contributed by atoms with Gasteiger partial charge in [-0.25, -0.2) is 0 Å². The molecule has 174 valence electrons. The van der Waals surface area contributed by atoms with E-state index in [-0.39, 0.29) is 11.4 Å². The van der Waals surface area contributed by atoms with Crippen molar-refractivity contribution in [1.29, 1.82) is 5.26 Å². The Morgan fingerprint density at radius 3 is 2.71 bits per heavy atom. The zero-order valence-corrected chi connectivity index (χ0v) is 19.6. The third kappa shape index (κ3) is 4.78. The highest BCUT2D eigenvalue weighted by atomic mass is 16.3. The van der Waals surface area contributed by atoms with Crippen molar-refractivity contribution in [3.05, 3.63) is 83.1 Å². The van der Waals surface area contributed by atoms with Crippen molar-refractivity contribution < 1.29 is 9.21 Å². The van der Waals surface area contributed by atoms with Crippen LogP contribution in [0.5, 0.6) is 0 Å². The van der Waals surface area contributed by atoms with Crippen LogP contribution < -0.4 is 5.32 Å². The van der Waals surface area contributed by atoms with Gasteiger partial charge in [0.15, 0.2) is 0 Å². The molecule has 0 saturated heterocycles. The van der Waals surface area contributed by atoms with Crippen LogP contribution in [0.15, 0.2) is 65.3 Å². The largest absolute Gasteiger partial charge is 0.464 e. The summed E-state index contributed by atoms with van der Waals surface area (Å²) in [5.41, 5.74) is 4.69. The second-order valence-electron chi connectivity index (χ2n) is 9.69. The number of nitrogens with one attached hydrogen (secondary N) is 1. The number of hydrogen-bond donors (Lipinski definition) is 1. The van der Waals surface area contributed by atoms with Gasteiger partial charge in [-0.05, 0) is 67.1 Å². The maximum Gasteiger partial charge on any atom is 0.252 e. The van der Waals surface area contributed by atoms with E-state index in [4.69, 9.17) is 4.42 Å². The average molecular weight is 454 g/mol. The monoisotopic (exact) mass is 453 g/mol. The van der Waals surface area contributed by atoms with E-state index in [1.54, 1.807) is 6.26 Å². The molecule has 0 radical (unpaired) electrons. The molecule has 1 saturated carbocycles. The highest BCUT2D eigenvalue weighted by Crippen LogP contribution is 2.33. The maximum absolute atomic E-state index is 13.5. The Kier molecular flexibility index (Phi) is 6.51. The average Bonchev–Trinajstić information content (AvgIpc) is 3.43. The molecule has 5 rings (SSSR count). The number of benzene rings is 2. The number of rotatable bonds is 6. The first-order chi connectivity index (χ1) is 16.7. The van der Waals surface area contributed by atoms with E-state index in [2.05, 4.69) is 22.4 Å². The Bertz CT molecular complexity index is 1190. The number of carbonyl (C=O) groups is 1. The lowest BCUT2D eigenvalue weighted by Crippen LogP contribution is -2.51. The Balaban J connectivity index is 1.29. The van der Waals surface area contributed by atoms with Gasteiger partial charge in [-0.3, -0.25) is 9.69 Å². The number of nitriles is 1. The lowest BCUT2D eigenvalue weighted by molar-refractivity contribution is 0.0841. The van der Waals surface area contributed by atoms with Gasteiger partial charge < -0.3 is 9.73 Å². The molecule has 1 N–H and O–H groups in total. The van der Waals surface area contributed by atoms with Crippen molar-refractivity contribution in [3.63, 3.8) is 0 Å². The summed E-state index contributed by atoms with van der Waals surface area (Å²) in [6, 6.07) is 19.7. The van der Waals surface area contributed by atoms with Crippen LogP contribution in [-0.2, 0) is 13.0 Å². The predicted molar refractivity (Wildman–Crippen MR) is 132 cm³/mol. The first kappa shape index (κ1) is 22.4. The van der Waals surface area contributed by atoms with E-state index in [0.717, 1.165) is 75.0 Å². The van der Waals surface area contributed by atoms with Gasteiger partial charge >= 0.3 is 0 Å². The van der Waals surface area contributed by atoms with E-state index in [1.807, 2.05) is 48.5 Å². The summed E-state index contributed by atoms with van der Waals surface area (Å²) in [5, 5.41) is 12.7. The molecule has 0 atom stereocenters. The molecule has 5 heteroatoms. The summed E-state index contributed by atoms with van der Waals surface area (Å²) in [4.78, 5) is 16.0. The number of nitrogens with zero attached hydrogens (tertiary/aromatic N) is 2. The third-order valence-corrected chi connectivity index (χ3v) is 7.48. The van der Waals surface area contributed by atoms with E-state index in [0.29, 0.717) is 5.56 Å². The van der Waals surface area contributed by atoms with Crippen molar-refractivity contribution in [3.8, 4) is 17.4 Å². The molecule has 1 amide bonds. The van der Waals surface area contributed by atoms with Gasteiger partial charge in [-0.2, -0.15) is 5.26 Å². The molecular formula is C29H31N3O2. The molecule has 2 aliphatic rings. The first-order valence-electron chi connectivity index (χ1n) is 12.4. The van der Waals surface area contributed by atoms with Crippen molar-refractivity contribution in [1.82, 2.24) is 10.2 Å². The number of fused-ring (bicyclic) bond motifs is 1. The van der Waals surface area contributed by atoms with Gasteiger partial charge in [0.05, 0.1) is 23.5 Å². The summed E-state index contributed by atoms with van der Waals surface area (Å²) in [7, 11) is 0. The molecule has 1 fully saturated rings. The Labute approximate surface area is 201 Å². The summed E-state index contributed by atoms with van der Waals surface area (Å²) >= 11 is 0. The SMILES string of the molecule is N#Cc1ccc2c(c1)CCN(CCC1(NC(=O)c3ccccc3-c3ccco3)CCCCC1)C2. The fourth-order valence-electron chi connectivity index (χ4n) is 5.55. The van der Waals surface area contributed by atoms with Crippen molar-refractivity contribution in [2.45, 2.75) is 57.0 Å². The lowest BCUT2D eigenvalue weighted by atomic mass is 9.78. The first-order valence-corrected chi connectivity index (χ1v) is 12.4. The van der Waals surface area contributed by atoms with Gasteiger partial charge in [-0.15, -0.1) is 0 Å². The molecule has 5 nitrogen and oxygen atoms in total. The van der Waals surface area contributed by atoms with Crippen LogP contribution in [0.3, 0.4) is 0 Å². The summed E-state index contributed by atoms with van der Waals surface area (Å²) in [5.74, 6) is 0.705. The molecule has 0 unspecified atom stereocenters. The number of hydrogen-bond acceptors (Lipinski definition) is 4. The highest BCUT2D eigenvalue weighted by Gasteiger charge is 2.35. The van der Waals surface area contributed by atoms with Gasteiger partial charge in [0.25, 0.3) is 5.91 Å². The fourth-order valence-corrected chi connectivity index (χ4v) is 5.55. The zero-order valence-electron chi connectivity index (χ0n) is 19.6. The van der Waals surface area contributed by atoms with Crippen LogP contribution in [0.4, 0.5) is 0 Å². The molecule has 1 aliphatic carbocycles. The minimum atomic E-state index is -0.170. The quantitative estimate of drug-likeness (QED) is 0.520. The lowest BCUT2D eigenvalue weighted by Gasteiger charge is -2.40. The van der Waals surface area contributed by atoms with Crippen LogP contribution in [0.25, 0.3) is 11.3 Å². The summed E-state index contributed by atoms with van der Waals surface area (Å²) in [6.07, 6.45) is 9.16. The van der Waals surface area contributed by atoms with Gasteiger partial charge in [0, 0.05) is 30.7 Å². The topological polar surface area (TPSA) is 69.3 Å². The van der Waals surface area contributed by atoms with Gasteiger partial charge in [0.2, 0.25) is 0 Å². The van der Waals surface area contributed by atoms with Crippen LogP contribution in [0, 0.1) is 11.3 Å². The molecule has 1 aromatic heterocycles. The summed E-state index contributed by atoms with van der Waals surface area (Å²) in [6.45, 7) is 2.86. The molecule has 1 aliphatic heterocycles. The standard InChI is InChI=1S/C29H31N3O2/c30-20-22-10-11-24-21-32(16-12-23(24)19-22)17-15-29(13-4-1-5-14-29)31-28(33)26-8-3-2-7-25(26)27-9-6-18-34-27/h2-3,6-11,18-19H,1,4-5,12-17,21H2,(H,31,33). The van der Waals surface area contributed by atoms with E-state index < -0.39 is 0 Å². The van der Waals surface area contributed by atoms with Gasteiger partial charge in [0.1, 0.15) is 5.76 Å². The van der Waals surface area contributed by atoms with Crippen molar-refractivity contribution >= 4 is 5.91 Å². The Morgan fingerprint density at radius 1 is 1.06 bits per heavy atom. The molecule has 34 heavy (non-hydrogen) atoms. The molecular weight excluding hydrogens is 422 g/mol. The van der Waals surface area contributed by atoms with Crippen LogP contribution in [0.2, 0.25) is 0 Å². The second kappa shape index (κ2) is 9.87. The third-order valence-electron chi connectivity index (χ3n) is 7.48. The smallest absolute Gasteiger partial charge is 0.252 e. The van der Waals surface area contributed by atoms with Crippen LogP contribution in [-0.4, -0.2) is 29.4 Å². The van der Waals surface area contributed by atoms with Crippen molar-refractivity contribution in [2.24, 2.45) is 0 Å². The highest BCUT2D eigenvalue weighted by molar-refractivity contribution is 6.00. The van der Waals surface area contributed by atoms with Gasteiger partial charge in [-0.1, -0.05) is 43.5 Å². The summed E-state index contributed by atoms with van der Waals surface area (Å²) < 4.78 is 5.59. The van der Waals surface area contributed by atoms with Crippen molar-refractivity contribution in [2.75, 3.05) is 13.1 Å². The van der Waals surface area contributed by atoms with Crippen LogP contribution in [0.1, 0.15) is 65.6 Å². The molecule has 2 heterocycles. The number of furan rings is 1. The molecule has 0 spiro atoms. The van der Waals surface area contributed by atoms with E-state index >= 15 is 0 Å². The minimum Gasteiger partial charge on any atom is -0.464 e. The normalized spacial score (nSPS) is 17.5.